The Morgan fingerprint density at radius 1 is 0.953 bits per heavy atom. The molecule has 0 bridgehead atoms. The standard InChI is InChI=1S/C33H32N2O8/c1-41-21-13-14-22-20(17-31(37)43-29(22)18-21)16-30(36)34-15-7-6-12-28(32(38)39)35-33(40)42-19-27-25-10-4-2-8-23(25)24-9-3-5-11-26(24)27/h2-5,8-11,13-14,17-18,27-28H,6-7,12,15-16,19H2,1H3,(H,34,36)(H,35,40)(H,38,39)/t28-/m0/s1. The second-order valence-corrected chi connectivity index (χ2v) is 10.3. The topological polar surface area (TPSA) is 144 Å². The van der Waals surface area contributed by atoms with Crippen LogP contribution >= 0.6 is 0 Å². The third-order valence-electron chi connectivity index (χ3n) is 7.56. The monoisotopic (exact) mass is 584 g/mol. The summed E-state index contributed by atoms with van der Waals surface area (Å²) in [5, 5.41) is 15.5. The predicted octanol–water partition coefficient (Wildman–Crippen LogP) is 4.62. The van der Waals surface area contributed by atoms with E-state index in [-0.39, 0.29) is 31.3 Å². The van der Waals surface area contributed by atoms with E-state index in [2.05, 4.69) is 10.6 Å². The van der Waals surface area contributed by atoms with Gasteiger partial charge in [-0.1, -0.05) is 48.5 Å². The van der Waals surface area contributed by atoms with Crippen molar-refractivity contribution in [3.05, 3.63) is 99.9 Å². The van der Waals surface area contributed by atoms with Crippen LogP contribution in [0.4, 0.5) is 4.79 Å². The Morgan fingerprint density at radius 3 is 2.33 bits per heavy atom. The first-order valence-electron chi connectivity index (χ1n) is 14.1. The van der Waals surface area contributed by atoms with Crippen LogP contribution < -0.4 is 21.0 Å². The van der Waals surface area contributed by atoms with Crippen molar-refractivity contribution in [3.63, 3.8) is 0 Å². The first-order valence-corrected chi connectivity index (χ1v) is 14.1. The van der Waals surface area contributed by atoms with Gasteiger partial charge < -0.3 is 29.6 Å². The molecule has 3 aromatic carbocycles. The van der Waals surface area contributed by atoms with E-state index in [0.717, 1.165) is 22.3 Å². The van der Waals surface area contributed by atoms with Crippen molar-refractivity contribution in [2.24, 2.45) is 0 Å². The number of nitrogens with one attached hydrogen (secondary N) is 2. The quantitative estimate of drug-likeness (QED) is 0.162. The number of fused-ring (bicyclic) bond motifs is 4. The van der Waals surface area contributed by atoms with Crippen LogP contribution in [-0.4, -0.2) is 49.4 Å². The number of carbonyl (C=O) groups excluding carboxylic acids is 2. The molecule has 1 atom stereocenters. The molecule has 222 valence electrons. The fourth-order valence-corrected chi connectivity index (χ4v) is 5.46. The van der Waals surface area contributed by atoms with Crippen LogP contribution in [-0.2, 0) is 20.7 Å². The van der Waals surface area contributed by atoms with Crippen LogP contribution in [0.15, 0.2) is 82.0 Å². The van der Waals surface area contributed by atoms with Crippen LogP contribution in [0.1, 0.15) is 41.9 Å². The minimum atomic E-state index is -1.16. The number of hydrogen-bond donors (Lipinski definition) is 3. The van der Waals surface area contributed by atoms with Crippen molar-refractivity contribution < 1.29 is 33.4 Å². The lowest BCUT2D eigenvalue weighted by Crippen LogP contribution is -2.41. The van der Waals surface area contributed by atoms with Crippen LogP contribution in [0.25, 0.3) is 22.1 Å². The van der Waals surface area contributed by atoms with Gasteiger partial charge in [0.1, 0.15) is 24.0 Å². The normalized spacial score (nSPS) is 12.7. The lowest BCUT2D eigenvalue weighted by atomic mass is 9.98. The van der Waals surface area contributed by atoms with Crippen LogP contribution in [0.2, 0.25) is 0 Å². The summed E-state index contributed by atoms with van der Waals surface area (Å²) in [6.07, 6.45) is 0.298. The molecular weight excluding hydrogens is 552 g/mol. The Hall–Kier alpha value is -5.12. The maximum absolute atomic E-state index is 12.6. The Balaban J connectivity index is 1.07. The molecule has 0 fully saturated rings. The van der Waals surface area contributed by atoms with Gasteiger partial charge in [0, 0.05) is 30.0 Å². The van der Waals surface area contributed by atoms with Crippen molar-refractivity contribution in [1.82, 2.24) is 10.6 Å². The van der Waals surface area contributed by atoms with E-state index in [4.69, 9.17) is 13.9 Å². The van der Waals surface area contributed by atoms with Gasteiger partial charge in [0.25, 0.3) is 0 Å². The van der Waals surface area contributed by atoms with E-state index >= 15 is 0 Å². The average Bonchev–Trinajstić information content (AvgIpc) is 3.32. The summed E-state index contributed by atoms with van der Waals surface area (Å²) in [5.74, 6) is -1.04. The molecule has 1 aliphatic carbocycles. The van der Waals surface area contributed by atoms with Crippen molar-refractivity contribution in [2.45, 2.75) is 37.6 Å². The van der Waals surface area contributed by atoms with Crippen LogP contribution in [0.3, 0.4) is 0 Å². The number of rotatable bonds is 12. The number of benzene rings is 3. The lowest BCUT2D eigenvalue weighted by molar-refractivity contribution is -0.139. The number of ether oxygens (including phenoxy) is 2. The van der Waals surface area contributed by atoms with E-state index in [1.54, 1.807) is 18.2 Å². The molecule has 0 saturated carbocycles. The number of methoxy groups -OCH3 is 1. The second kappa shape index (κ2) is 13.2. The molecule has 2 amide bonds. The summed E-state index contributed by atoms with van der Waals surface area (Å²) in [6, 6.07) is 21.1. The molecule has 0 aliphatic heterocycles. The highest BCUT2D eigenvalue weighted by Crippen LogP contribution is 2.44. The molecule has 4 aromatic rings. The molecule has 3 N–H and O–H groups in total. The molecule has 10 heteroatoms. The fraction of sp³-hybridized carbons (Fsp3) is 0.273. The summed E-state index contributed by atoms with van der Waals surface area (Å²) in [6.45, 7) is 0.397. The van der Waals surface area contributed by atoms with E-state index in [0.29, 0.717) is 41.7 Å². The maximum atomic E-state index is 12.6. The molecular formula is C33H32N2O8. The number of aliphatic carboxylic acids is 1. The first kappa shape index (κ1) is 29.4. The highest BCUT2D eigenvalue weighted by atomic mass is 16.5. The SMILES string of the molecule is COc1ccc2c(CC(=O)NCCCC[C@H](NC(=O)OCC3c4ccccc4-c4ccccc43)C(=O)O)cc(=O)oc2c1. The van der Waals surface area contributed by atoms with Gasteiger partial charge in [0.2, 0.25) is 5.91 Å². The molecule has 1 aromatic heterocycles. The number of amides is 2. The van der Waals surface area contributed by atoms with Gasteiger partial charge in [0.15, 0.2) is 0 Å². The molecule has 10 nitrogen and oxygen atoms in total. The average molecular weight is 585 g/mol. The third kappa shape index (κ3) is 6.86. The molecule has 0 saturated heterocycles. The van der Waals surface area contributed by atoms with Gasteiger partial charge in [-0.3, -0.25) is 4.79 Å². The summed E-state index contributed by atoms with van der Waals surface area (Å²) in [7, 11) is 1.51. The predicted molar refractivity (Wildman–Crippen MR) is 159 cm³/mol. The minimum Gasteiger partial charge on any atom is -0.497 e. The van der Waals surface area contributed by atoms with E-state index in [1.807, 2.05) is 48.5 Å². The van der Waals surface area contributed by atoms with E-state index < -0.39 is 23.7 Å². The Bertz CT molecular complexity index is 1670. The molecule has 0 unspecified atom stereocenters. The van der Waals surface area contributed by atoms with Crippen LogP contribution in [0.5, 0.6) is 5.75 Å². The summed E-state index contributed by atoms with van der Waals surface area (Å²) in [5.41, 5.74) is 4.64. The third-order valence-corrected chi connectivity index (χ3v) is 7.56. The fourth-order valence-electron chi connectivity index (χ4n) is 5.46. The number of carbonyl (C=O) groups is 3. The first-order chi connectivity index (χ1) is 20.8. The van der Waals surface area contributed by atoms with Gasteiger partial charge in [-0.25, -0.2) is 14.4 Å². The van der Waals surface area contributed by atoms with Crippen molar-refractivity contribution in [2.75, 3.05) is 20.3 Å². The minimum absolute atomic E-state index is 0.0183. The zero-order valence-electron chi connectivity index (χ0n) is 23.6. The zero-order chi connectivity index (χ0) is 30.3. The highest BCUT2D eigenvalue weighted by Gasteiger charge is 2.29. The molecule has 43 heavy (non-hydrogen) atoms. The van der Waals surface area contributed by atoms with Gasteiger partial charge >= 0.3 is 17.7 Å². The van der Waals surface area contributed by atoms with Gasteiger partial charge in [0.05, 0.1) is 13.5 Å². The van der Waals surface area contributed by atoms with Crippen molar-refractivity contribution in [3.8, 4) is 16.9 Å². The zero-order valence-corrected chi connectivity index (χ0v) is 23.6. The Kier molecular flexibility index (Phi) is 9.05. The van der Waals surface area contributed by atoms with E-state index in [1.165, 1.54) is 13.2 Å². The van der Waals surface area contributed by atoms with Gasteiger partial charge in [-0.05, 0) is 59.2 Å². The Labute approximate surface area is 247 Å². The number of unbranched alkanes of at least 4 members (excludes halogenated alkanes) is 1. The molecule has 1 heterocycles. The molecule has 5 rings (SSSR count). The van der Waals surface area contributed by atoms with Crippen molar-refractivity contribution in [1.29, 1.82) is 0 Å². The largest absolute Gasteiger partial charge is 0.497 e. The molecule has 0 radical (unpaired) electrons. The van der Waals surface area contributed by atoms with Gasteiger partial charge in [-0.2, -0.15) is 0 Å². The Morgan fingerprint density at radius 2 is 1.65 bits per heavy atom. The maximum Gasteiger partial charge on any atom is 0.407 e. The number of alkyl carbamates (subject to hydrolysis) is 1. The van der Waals surface area contributed by atoms with Crippen molar-refractivity contribution >= 4 is 28.9 Å². The number of carboxylic acids is 1. The second-order valence-electron chi connectivity index (χ2n) is 10.3. The number of carboxylic acid groups (broad SMARTS) is 1. The summed E-state index contributed by atoms with van der Waals surface area (Å²) < 4.78 is 15.9. The lowest BCUT2D eigenvalue weighted by Gasteiger charge is -2.17. The molecule has 1 aliphatic rings. The highest BCUT2D eigenvalue weighted by molar-refractivity contribution is 5.87. The summed E-state index contributed by atoms with van der Waals surface area (Å²) in [4.78, 5) is 48.8. The molecule has 0 spiro atoms. The summed E-state index contributed by atoms with van der Waals surface area (Å²) >= 11 is 0. The smallest absolute Gasteiger partial charge is 0.407 e. The van der Waals surface area contributed by atoms with Gasteiger partial charge in [-0.15, -0.1) is 0 Å². The number of hydrogen-bond acceptors (Lipinski definition) is 7. The van der Waals surface area contributed by atoms with E-state index in [9.17, 15) is 24.3 Å². The van der Waals surface area contributed by atoms with Crippen LogP contribution in [0, 0.1) is 0 Å².